The third kappa shape index (κ3) is 0.238. The van der Waals surface area contributed by atoms with Gasteiger partial charge in [-0.2, -0.15) is 0 Å². The van der Waals surface area contributed by atoms with Crippen molar-refractivity contribution >= 4 is 0 Å². The Morgan fingerprint density at radius 3 is 2.50 bits per heavy atom. The summed E-state index contributed by atoms with van der Waals surface area (Å²) in [6, 6.07) is 0. The Morgan fingerprint density at radius 1 is 1.17 bits per heavy atom. The molecule has 0 radical (unpaired) electrons. The van der Waals surface area contributed by atoms with Crippen LogP contribution in [-0.4, -0.2) is 12.2 Å². The van der Waals surface area contributed by atoms with Gasteiger partial charge in [-0.15, -0.1) is 0 Å². The van der Waals surface area contributed by atoms with E-state index in [9.17, 15) is 0 Å². The first-order chi connectivity index (χ1) is 5.91. The molecule has 6 aliphatic carbocycles. The van der Waals surface area contributed by atoms with Gasteiger partial charge in [-0.3, -0.25) is 0 Å². The Hall–Kier alpha value is -0.0400. The predicted octanol–water partition coefficient (Wildman–Crippen LogP) is 1.53. The van der Waals surface area contributed by atoms with Crippen molar-refractivity contribution in [3.63, 3.8) is 0 Å². The summed E-state index contributed by atoms with van der Waals surface area (Å²) in [5.41, 5.74) is 0.502. The van der Waals surface area contributed by atoms with E-state index in [0.717, 1.165) is 42.1 Å². The van der Waals surface area contributed by atoms with Gasteiger partial charge in [-0.25, -0.2) is 0 Å². The van der Waals surface area contributed by atoms with Crippen LogP contribution in [0.25, 0.3) is 0 Å². The summed E-state index contributed by atoms with van der Waals surface area (Å²) in [6.07, 6.45) is 1.59. The molecule has 12 heavy (non-hydrogen) atoms. The topological polar surface area (TPSA) is 9.23 Å². The van der Waals surface area contributed by atoms with E-state index in [1.165, 1.54) is 5.92 Å². The summed E-state index contributed by atoms with van der Waals surface area (Å²) < 4.78 is 6.02. The van der Waals surface area contributed by atoms with Gasteiger partial charge in [-0.1, -0.05) is 0 Å². The molecule has 0 N–H and O–H groups in total. The molecule has 0 unspecified atom stereocenters. The van der Waals surface area contributed by atoms with E-state index in [1.54, 1.807) is 6.42 Å². The zero-order valence-corrected chi connectivity index (χ0v) is 7.36. The van der Waals surface area contributed by atoms with Gasteiger partial charge in [0.2, 0.25) is 0 Å². The molecule has 0 aromatic heterocycles. The summed E-state index contributed by atoms with van der Waals surface area (Å²) in [7, 11) is 0. The molecule has 0 aliphatic heterocycles. The van der Waals surface area contributed by atoms with Crippen LogP contribution in [0.2, 0.25) is 0 Å². The van der Waals surface area contributed by atoms with Crippen LogP contribution in [0.15, 0.2) is 0 Å². The Balaban J connectivity index is 1.65. The maximum atomic E-state index is 6.02. The van der Waals surface area contributed by atoms with Crippen molar-refractivity contribution in [2.75, 3.05) is 6.61 Å². The molecule has 0 heterocycles. The van der Waals surface area contributed by atoms with Gasteiger partial charge in [0, 0.05) is 6.61 Å². The van der Waals surface area contributed by atoms with Crippen LogP contribution in [0.3, 0.4) is 0 Å². The standard InChI is InChI=1S/C11H14O/c1-2-12-11-8-5-3-4-6(8)10(11)7(4)9(5)11/h4-10H,2-3H2,1H3/t4?,5?,6-,7-,8+,9+,10?,11?/m0/s1. The highest BCUT2D eigenvalue weighted by atomic mass is 16.5. The Morgan fingerprint density at radius 2 is 1.92 bits per heavy atom. The second-order valence-corrected chi connectivity index (χ2v) is 5.58. The van der Waals surface area contributed by atoms with Crippen molar-refractivity contribution < 1.29 is 4.74 Å². The fourth-order valence-electron chi connectivity index (χ4n) is 6.32. The third-order valence-corrected chi connectivity index (χ3v) is 6.07. The average Bonchev–Trinajstić information content (AvgIpc) is 2.33. The molecule has 0 spiro atoms. The maximum Gasteiger partial charge on any atom is 0.0783 e. The molecule has 6 fully saturated rings. The lowest BCUT2D eigenvalue weighted by Crippen LogP contribution is -2.93. The summed E-state index contributed by atoms with van der Waals surface area (Å²) in [5, 5.41) is 0. The highest BCUT2D eigenvalue weighted by Crippen LogP contribution is 2.96. The molecule has 6 saturated carbocycles. The monoisotopic (exact) mass is 162 g/mol. The van der Waals surface area contributed by atoms with E-state index in [2.05, 4.69) is 6.92 Å². The summed E-state index contributed by atoms with van der Waals surface area (Å²) in [6.45, 7) is 3.12. The van der Waals surface area contributed by atoms with Crippen LogP contribution in [-0.2, 0) is 4.74 Å². The summed E-state index contributed by atoms with van der Waals surface area (Å²) in [5.74, 6) is 7.84. The van der Waals surface area contributed by atoms with Crippen LogP contribution in [0.5, 0.6) is 0 Å². The van der Waals surface area contributed by atoms with Crippen LogP contribution < -0.4 is 0 Å². The number of hydrogen-bond donors (Lipinski definition) is 0. The van der Waals surface area contributed by atoms with Crippen molar-refractivity contribution in [3.8, 4) is 0 Å². The highest BCUT2D eigenvalue weighted by Gasteiger charge is 2.98. The molecule has 1 nitrogen and oxygen atoms in total. The van der Waals surface area contributed by atoms with E-state index in [0.29, 0.717) is 5.60 Å². The lowest BCUT2D eigenvalue weighted by molar-refractivity contribution is -0.479. The first-order valence-corrected chi connectivity index (χ1v) is 5.55. The quantitative estimate of drug-likeness (QED) is 0.598. The van der Waals surface area contributed by atoms with Crippen molar-refractivity contribution in [2.45, 2.75) is 18.9 Å². The SMILES string of the molecule is CCOC12C3[C@H]4C5CC([C@H]41)[C@@H]2[C@H]53. The van der Waals surface area contributed by atoms with Gasteiger partial charge < -0.3 is 4.74 Å². The smallest absolute Gasteiger partial charge is 0.0783 e. The van der Waals surface area contributed by atoms with Crippen LogP contribution >= 0.6 is 0 Å². The summed E-state index contributed by atoms with van der Waals surface area (Å²) in [4.78, 5) is 0. The van der Waals surface area contributed by atoms with Gasteiger partial charge >= 0.3 is 0 Å². The number of ether oxygens (including phenoxy) is 1. The van der Waals surface area contributed by atoms with Gasteiger partial charge in [0.25, 0.3) is 0 Å². The van der Waals surface area contributed by atoms with E-state index in [4.69, 9.17) is 4.74 Å². The minimum atomic E-state index is 0.502. The molecule has 64 valence electrons. The van der Waals surface area contributed by atoms with E-state index in [1.807, 2.05) is 0 Å². The molecule has 2 bridgehead atoms. The number of rotatable bonds is 2. The fourth-order valence-corrected chi connectivity index (χ4v) is 6.32. The second kappa shape index (κ2) is 1.21. The molecule has 1 heteroatoms. The number of hydrogen-bond acceptors (Lipinski definition) is 1. The largest absolute Gasteiger partial charge is 0.374 e. The lowest BCUT2D eigenvalue weighted by atomic mass is 9.17. The lowest BCUT2D eigenvalue weighted by Gasteiger charge is -2.90. The molecule has 6 rings (SSSR count). The van der Waals surface area contributed by atoms with Crippen molar-refractivity contribution in [3.05, 3.63) is 0 Å². The first kappa shape index (κ1) is 5.64. The zero-order valence-electron chi connectivity index (χ0n) is 7.36. The van der Waals surface area contributed by atoms with Crippen LogP contribution in [0.4, 0.5) is 0 Å². The first-order valence-electron chi connectivity index (χ1n) is 5.55. The van der Waals surface area contributed by atoms with Gasteiger partial charge in [0.15, 0.2) is 0 Å². The Kier molecular flexibility index (Phi) is 0.569. The Bertz CT molecular complexity index is 273. The molecule has 4 atom stereocenters. The molecule has 0 aromatic rings. The molecular formula is C11H14O. The molecule has 0 amide bonds. The van der Waals surface area contributed by atoms with Gasteiger partial charge in [-0.05, 0) is 54.8 Å². The molecule has 0 saturated heterocycles. The third-order valence-electron chi connectivity index (χ3n) is 6.07. The normalized spacial score (nSPS) is 83.2. The van der Waals surface area contributed by atoms with Gasteiger partial charge in [0.1, 0.15) is 0 Å². The average molecular weight is 162 g/mol. The molecular weight excluding hydrogens is 148 g/mol. The minimum absolute atomic E-state index is 0.502. The van der Waals surface area contributed by atoms with Crippen molar-refractivity contribution in [2.24, 2.45) is 41.4 Å². The van der Waals surface area contributed by atoms with Crippen LogP contribution in [0.1, 0.15) is 13.3 Å². The van der Waals surface area contributed by atoms with Gasteiger partial charge in [0.05, 0.1) is 5.60 Å². The van der Waals surface area contributed by atoms with E-state index in [-0.39, 0.29) is 0 Å². The minimum Gasteiger partial charge on any atom is -0.374 e. The fraction of sp³-hybridized carbons (Fsp3) is 1.00. The van der Waals surface area contributed by atoms with Crippen molar-refractivity contribution in [1.82, 2.24) is 0 Å². The van der Waals surface area contributed by atoms with Crippen molar-refractivity contribution in [1.29, 1.82) is 0 Å². The summed E-state index contributed by atoms with van der Waals surface area (Å²) >= 11 is 0. The van der Waals surface area contributed by atoms with E-state index >= 15 is 0 Å². The van der Waals surface area contributed by atoms with Crippen LogP contribution in [0, 0.1) is 41.4 Å². The zero-order chi connectivity index (χ0) is 7.66. The maximum absolute atomic E-state index is 6.02. The highest BCUT2D eigenvalue weighted by molar-refractivity contribution is 5.46. The Labute approximate surface area is 72.5 Å². The predicted molar refractivity (Wildman–Crippen MR) is 43.4 cm³/mol. The molecule has 0 aromatic carbocycles. The van der Waals surface area contributed by atoms with E-state index < -0.39 is 0 Å². The second-order valence-electron chi connectivity index (χ2n) is 5.58. The molecule has 6 aliphatic rings.